The van der Waals surface area contributed by atoms with Gasteiger partial charge in [0.2, 0.25) is 0 Å². The van der Waals surface area contributed by atoms with Crippen LogP contribution in [-0.4, -0.2) is 4.98 Å². The molecule has 0 unspecified atom stereocenters. The Balaban J connectivity index is 3.46. The van der Waals surface area contributed by atoms with Crippen molar-refractivity contribution in [3.05, 3.63) is 28.8 Å². The molecule has 0 bridgehead atoms. The number of nitrogens with zero attached hydrogens (tertiary/aromatic N) is 2. The summed E-state index contributed by atoms with van der Waals surface area (Å²) >= 11 is 0. The second-order valence-corrected chi connectivity index (χ2v) is 2.46. The van der Waals surface area contributed by atoms with Crippen molar-refractivity contribution in [2.24, 2.45) is 5.73 Å². The van der Waals surface area contributed by atoms with Crippen LogP contribution in [0, 0.1) is 17.1 Å². The zero-order chi connectivity index (χ0) is 10.7. The number of rotatable bonds is 2. The SMILES string of the molecule is N#Cc1ncc(F)c(CN)c1C(F)F. The normalized spacial score (nSPS) is 10.3. The van der Waals surface area contributed by atoms with Gasteiger partial charge in [-0.05, 0) is 0 Å². The van der Waals surface area contributed by atoms with E-state index in [1.807, 2.05) is 0 Å². The lowest BCUT2D eigenvalue weighted by Gasteiger charge is -2.08. The van der Waals surface area contributed by atoms with E-state index in [9.17, 15) is 13.2 Å². The summed E-state index contributed by atoms with van der Waals surface area (Å²) in [5.74, 6) is -0.915. The van der Waals surface area contributed by atoms with Crippen LogP contribution < -0.4 is 5.73 Å². The van der Waals surface area contributed by atoms with Gasteiger partial charge in [0, 0.05) is 12.1 Å². The molecule has 0 aromatic carbocycles. The Labute approximate surface area is 78.0 Å². The molecule has 1 aromatic rings. The summed E-state index contributed by atoms with van der Waals surface area (Å²) in [5, 5.41) is 8.47. The monoisotopic (exact) mass is 201 g/mol. The Bertz CT molecular complexity index is 384. The molecular formula is C8H6F3N3. The van der Waals surface area contributed by atoms with Crippen molar-refractivity contribution < 1.29 is 13.2 Å². The summed E-state index contributed by atoms with van der Waals surface area (Å²) in [6, 6.07) is 1.47. The van der Waals surface area contributed by atoms with Gasteiger partial charge in [-0.25, -0.2) is 18.2 Å². The van der Waals surface area contributed by atoms with E-state index in [2.05, 4.69) is 4.98 Å². The summed E-state index contributed by atoms with van der Waals surface area (Å²) < 4.78 is 37.8. The first kappa shape index (κ1) is 10.5. The van der Waals surface area contributed by atoms with Gasteiger partial charge in [0.15, 0.2) is 0 Å². The molecule has 0 saturated heterocycles. The number of aromatic nitrogens is 1. The van der Waals surface area contributed by atoms with Crippen LogP contribution in [0.25, 0.3) is 0 Å². The van der Waals surface area contributed by atoms with Crippen molar-refractivity contribution in [3.63, 3.8) is 0 Å². The van der Waals surface area contributed by atoms with Gasteiger partial charge in [0.05, 0.1) is 11.8 Å². The van der Waals surface area contributed by atoms with Crippen molar-refractivity contribution >= 4 is 0 Å². The van der Waals surface area contributed by atoms with Crippen molar-refractivity contribution in [1.29, 1.82) is 5.26 Å². The molecule has 1 heterocycles. The van der Waals surface area contributed by atoms with Crippen molar-refractivity contribution in [2.75, 3.05) is 0 Å². The lowest BCUT2D eigenvalue weighted by Crippen LogP contribution is -2.09. The van der Waals surface area contributed by atoms with Crippen LogP contribution in [0.3, 0.4) is 0 Å². The highest BCUT2D eigenvalue weighted by atomic mass is 19.3. The average Bonchev–Trinajstić information content (AvgIpc) is 2.17. The molecule has 0 aliphatic heterocycles. The lowest BCUT2D eigenvalue weighted by atomic mass is 10.1. The molecule has 0 amide bonds. The van der Waals surface area contributed by atoms with E-state index >= 15 is 0 Å². The van der Waals surface area contributed by atoms with Crippen LogP contribution in [0.5, 0.6) is 0 Å². The third-order valence-electron chi connectivity index (χ3n) is 1.70. The van der Waals surface area contributed by atoms with E-state index < -0.39 is 23.5 Å². The number of halogens is 3. The topological polar surface area (TPSA) is 62.7 Å². The van der Waals surface area contributed by atoms with Crippen molar-refractivity contribution in [2.45, 2.75) is 13.0 Å². The van der Waals surface area contributed by atoms with Gasteiger partial charge < -0.3 is 5.73 Å². The Morgan fingerprint density at radius 3 is 2.64 bits per heavy atom. The highest BCUT2D eigenvalue weighted by molar-refractivity contribution is 5.39. The maximum absolute atomic E-state index is 12.9. The molecule has 0 aliphatic rings. The molecule has 0 atom stereocenters. The molecule has 3 nitrogen and oxygen atoms in total. The van der Waals surface area contributed by atoms with Gasteiger partial charge in [-0.2, -0.15) is 5.26 Å². The fourth-order valence-electron chi connectivity index (χ4n) is 1.07. The molecule has 0 fully saturated rings. The smallest absolute Gasteiger partial charge is 0.267 e. The Kier molecular flexibility index (Phi) is 3.04. The zero-order valence-corrected chi connectivity index (χ0v) is 6.97. The fraction of sp³-hybridized carbons (Fsp3) is 0.250. The maximum Gasteiger partial charge on any atom is 0.267 e. The summed E-state index contributed by atoms with van der Waals surface area (Å²) in [5.41, 5.74) is 3.55. The molecular weight excluding hydrogens is 195 g/mol. The third-order valence-corrected chi connectivity index (χ3v) is 1.70. The van der Waals surface area contributed by atoms with Crippen LogP contribution >= 0.6 is 0 Å². The first-order chi connectivity index (χ1) is 6.61. The number of hydrogen-bond acceptors (Lipinski definition) is 3. The minimum Gasteiger partial charge on any atom is -0.326 e. The molecule has 0 saturated carbocycles. The predicted molar refractivity (Wildman–Crippen MR) is 41.8 cm³/mol. The minimum atomic E-state index is -2.95. The minimum absolute atomic E-state index is 0.355. The van der Waals surface area contributed by atoms with Gasteiger partial charge in [-0.3, -0.25) is 0 Å². The first-order valence-electron chi connectivity index (χ1n) is 3.67. The number of nitrogens with two attached hydrogens (primary N) is 1. The van der Waals surface area contributed by atoms with Crippen LogP contribution in [0.1, 0.15) is 23.2 Å². The van der Waals surface area contributed by atoms with E-state index in [1.54, 1.807) is 0 Å². The fourth-order valence-corrected chi connectivity index (χ4v) is 1.07. The van der Waals surface area contributed by atoms with E-state index in [1.165, 1.54) is 6.07 Å². The summed E-state index contributed by atoms with van der Waals surface area (Å²) in [6.45, 7) is -0.386. The molecule has 6 heteroatoms. The molecule has 74 valence electrons. The maximum atomic E-state index is 12.9. The number of nitriles is 1. The summed E-state index contributed by atoms with van der Waals surface area (Å²) in [6.07, 6.45) is -2.24. The Morgan fingerprint density at radius 2 is 2.21 bits per heavy atom. The van der Waals surface area contributed by atoms with Crippen LogP contribution in [0.15, 0.2) is 6.20 Å². The van der Waals surface area contributed by atoms with E-state index in [0.29, 0.717) is 6.20 Å². The standard InChI is InChI=1S/C8H6F3N3/c9-5-3-14-6(2-13)7(8(10)11)4(5)1-12/h3,8H,1,12H2. The third kappa shape index (κ3) is 1.67. The van der Waals surface area contributed by atoms with Crippen molar-refractivity contribution in [3.8, 4) is 6.07 Å². The number of alkyl halides is 2. The van der Waals surface area contributed by atoms with Crippen LogP contribution in [0.4, 0.5) is 13.2 Å². The van der Waals surface area contributed by atoms with Gasteiger partial charge in [0.1, 0.15) is 17.6 Å². The average molecular weight is 201 g/mol. The molecule has 2 N–H and O–H groups in total. The quantitative estimate of drug-likeness (QED) is 0.788. The number of pyridine rings is 1. The highest BCUT2D eigenvalue weighted by Crippen LogP contribution is 2.26. The van der Waals surface area contributed by atoms with Gasteiger partial charge in [-0.15, -0.1) is 0 Å². The molecule has 14 heavy (non-hydrogen) atoms. The summed E-state index contributed by atoms with van der Waals surface area (Å²) in [7, 11) is 0. The van der Waals surface area contributed by atoms with E-state index in [4.69, 9.17) is 11.0 Å². The number of hydrogen-bond donors (Lipinski definition) is 1. The molecule has 0 spiro atoms. The highest BCUT2D eigenvalue weighted by Gasteiger charge is 2.21. The second-order valence-electron chi connectivity index (χ2n) is 2.46. The van der Waals surface area contributed by atoms with Gasteiger partial charge >= 0.3 is 0 Å². The molecule has 0 aliphatic carbocycles. The van der Waals surface area contributed by atoms with Crippen LogP contribution in [0.2, 0.25) is 0 Å². The Hall–Kier alpha value is -1.61. The molecule has 1 rings (SSSR count). The largest absolute Gasteiger partial charge is 0.326 e. The van der Waals surface area contributed by atoms with Crippen molar-refractivity contribution in [1.82, 2.24) is 4.98 Å². The predicted octanol–water partition coefficient (Wildman–Crippen LogP) is 1.49. The summed E-state index contributed by atoms with van der Waals surface area (Å²) in [4.78, 5) is 3.25. The lowest BCUT2D eigenvalue weighted by molar-refractivity contribution is 0.148. The van der Waals surface area contributed by atoms with Crippen LogP contribution in [-0.2, 0) is 6.54 Å². The first-order valence-corrected chi connectivity index (χ1v) is 3.67. The van der Waals surface area contributed by atoms with E-state index in [-0.39, 0.29) is 12.1 Å². The van der Waals surface area contributed by atoms with E-state index in [0.717, 1.165) is 0 Å². The van der Waals surface area contributed by atoms with Gasteiger partial charge in [-0.1, -0.05) is 0 Å². The zero-order valence-electron chi connectivity index (χ0n) is 6.97. The Morgan fingerprint density at radius 1 is 1.57 bits per heavy atom. The second kappa shape index (κ2) is 4.07. The molecule has 0 radical (unpaired) electrons. The van der Waals surface area contributed by atoms with Gasteiger partial charge in [0.25, 0.3) is 6.43 Å². The molecule has 1 aromatic heterocycles.